The summed E-state index contributed by atoms with van der Waals surface area (Å²) >= 11 is 0. The van der Waals surface area contributed by atoms with Crippen LogP contribution in [0.4, 0.5) is 0 Å². The van der Waals surface area contributed by atoms with Crippen LogP contribution in [0.25, 0.3) is 0 Å². The Kier molecular flexibility index (Phi) is 32.4. The molecular weight excluding hydrogens is 623 g/mol. The van der Waals surface area contributed by atoms with Gasteiger partial charge in [-0.15, -0.1) is 0 Å². The SMILES string of the molecule is CCOC1=C([Si](C)(C)C)[P@]1C([Si](C)(C)C)[Si](C)(C)C.[C-]#[O+].[C-]#[O+].[C-]#[O+].[C-]#[O+].[C-]#[O+].[W]. The van der Waals surface area contributed by atoms with Gasteiger partial charge in [0.2, 0.25) is 0 Å². The van der Waals surface area contributed by atoms with Gasteiger partial charge in [-0.1, -0.05) is 58.9 Å². The van der Waals surface area contributed by atoms with Crippen LogP contribution in [-0.4, -0.2) is 35.7 Å². The van der Waals surface area contributed by atoms with Crippen molar-refractivity contribution in [2.24, 2.45) is 0 Å². The summed E-state index contributed by atoms with van der Waals surface area (Å²) in [6.07, 6.45) is 0. The molecule has 0 aromatic rings. The topological polar surface area (TPSA) is 109 Å². The molecule has 1 atom stereocenters. The molecule has 11 heteroatoms. The van der Waals surface area contributed by atoms with Gasteiger partial charge >= 0.3 is 56.5 Å². The van der Waals surface area contributed by atoms with Crippen molar-refractivity contribution in [3.05, 3.63) is 43.7 Å². The molecule has 1 heterocycles. The Hall–Kier alpha value is 0.00896. The van der Waals surface area contributed by atoms with Crippen molar-refractivity contribution in [2.75, 3.05) is 6.61 Å². The first kappa shape index (κ1) is 43.8. The molecule has 0 saturated heterocycles. The fourth-order valence-electron chi connectivity index (χ4n) is 3.44. The maximum Gasteiger partial charge on any atom is 0 e. The number of rotatable bonds is 6. The first-order valence-electron chi connectivity index (χ1n) is 8.50. The summed E-state index contributed by atoms with van der Waals surface area (Å²) in [7, 11) is -3.44. The van der Waals surface area contributed by atoms with Gasteiger partial charge in [0.1, 0.15) is 5.50 Å². The zero-order chi connectivity index (χ0) is 25.2. The molecular formula is C19H33O6PSi3W. The van der Waals surface area contributed by atoms with E-state index in [0.29, 0.717) is 0 Å². The molecule has 1 aliphatic rings. The number of hydrogen-bond donors (Lipinski definition) is 0. The Balaban J connectivity index is -0.000000114. The first-order valence-corrected chi connectivity index (χ1v) is 20.6. The second-order valence-electron chi connectivity index (χ2n) is 8.84. The Labute approximate surface area is 201 Å². The van der Waals surface area contributed by atoms with Crippen LogP contribution < -0.4 is 0 Å². The number of ether oxygens (including phenoxy) is 1. The van der Waals surface area contributed by atoms with E-state index in [0.717, 1.165) is 11.5 Å². The second-order valence-corrected chi connectivity index (χ2v) is 28.5. The smallest absolute Gasteiger partial charge is 0 e. The zero-order valence-corrected chi connectivity index (χ0v) is 26.4. The molecule has 0 fully saturated rings. The molecule has 0 aromatic carbocycles. The van der Waals surface area contributed by atoms with E-state index in [4.69, 9.17) is 28.0 Å². The van der Waals surface area contributed by atoms with Gasteiger partial charge in [0, 0.05) is 21.1 Å². The average Bonchev–Trinajstić information content (AvgIpc) is 3.34. The monoisotopic (exact) mass is 656 g/mol. The molecule has 0 radical (unpaired) electrons. The summed E-state index contributed by atoms with van der Waals surface area (Å²) in [5, 5.41) is 0. The summed E-state index contributed by atoms with van der Waals surface area (Å²) in [6, 6.07) is 0. The van der Waals surface area contributed by atoms with Gasteiger partial charge < -0.3 is 4.74 Å². The first-order chi connectivity index (χ1) is 13.3. The van der Waals surface area contributed by atoms with Gasteiger partial charge in [0.05, 0.1) is 30.8 Å². The second kappa shape index (κ2) is 22.2. The predicted molar refractivity (Wildman–Crippen MR) is 119 cm³/mol. The quantitative estimate of drug-likeness (QED) is 0.160. The summed E-state index contributed by atoms with van der Waals surface area (Å²) in [4.78, 5) is 2.82. The zero-order valence-electron chi connectivity index (χ0n) is 19.6. The minimum atomic E-state index is -1.18. The minimum absolute atomic E-state index is 0. The minimum Gasteiger partial charge on any atom is 0 e. The molecule has 1 aliphatic heterocycles. The van der Waals surface area contributed by atoms with Crippen molar-refractivity contribution in [1.29, 1.82) is 0 Å². The van der Waals surface area contributed by atoms with E-state index in [9.17, 15) is 0 Å². The van der Waals surface area contributed by atoms with Gasteiger partial charge in [0.25, 0.3) is 0 Å². The average molecular weight is 657 g/mol. The molecule has 0 amide bonds. The van der Waals surface area contributed by atoms with Crippen LogP contribution >= 0.6 is 7.92 Å². The van der Waals surface area contributed by atoms with Gasteiger partial charge in [-0.05, 0) is 24.7 Å². The molecule has 0 aromatic heterocycles. The molecule has 0 N–H and O–H groups in total. The van der Waals surface area contributed by atoms with E-state index in [1.165, 1.54) is 5.50 Å². The number of hydrogen-bond acceptors (Lipinski definition) is 1. The van der Waals surface area contributed by atoms with Crippen molar-refractivity contribution in [2.45, 2.75) is 70.8 Å². The van der Waals surface area contributed by atoms with Crippen LogP contribution in [0, 0.1) is 33.3 Å². The summed E-state index contributed by atoms with van der Waals surface area (Å²) in [5.74, 6) is 0. The van der Waals surface area contributed by atoms with Crippen LogP contribution in [0.2, 0.25) is 58.9 Å². The van der Waals surface area contributed by atoms with E-state index < -0.39 is 24.2 Å². The van der Waals surface area contributed by atoms with Crippen LogP contribution in [0.3, 0.4) is 0 Å². The van der Waals surface area contributed by atoms with Crippen LogP contribution in [0.1, 0.15) is 6.92 Å². The van der Waals surface area contributed by atoms with E-state index in [2.05, 4.69) is 99.1 Å². The normalized spacial score (nSPS) is 13.7. The van der Waals surface area contributed by atoms with Crippen molar-refractivity contribution >= 4 is 32.1 Å². The summed E-state index contributed by atoms with van der Waals surface area (Å²) in [6.45, 7) is 48.4. The fraction of sp³-hybridized carbons (Fsp3) is 0.632. The van der Waals surface area contributed by atoms with Gasteiger partial charge in [0.15, 0.2) is 0 Å². The third-order valence-electron chi connectivity index (χ3n) is 3.50. The molecule has 0 unspecified atom stereocenters. The largest absolute Gasteiger partial charge is 0 e. The molecule has 1 rings (SSSR count). The van der Waals surface area contributed by atoms with Crippen molar-refractivity contribution < 1.29 is 49.1 Å². The predicted octanol–water partition coefficient (Wildman–Crippen LogP) is 5.50. The molecule has 0 bridgehead atoms. The van der Waals surface area contributed by atoms with Crippen molar-refractivity contribution in [3.8, 4) is 0 Å². The molecule has 30 heavy (non-hydrogen) atoms. The van der Waals surface area contributed by atoms with E-state index in [1.807, 2.05) is 4.94 Å². The summed E-state index contributed by atoms with van der Waals surface area (Å²) < 4.78 is 43.6. The fourth-order valence-corrected chi connectivity index (χ4v) is 29.1. The third-order valence-corrected chi connectivity index (χ3v) is 24.5. The summed E-state index contributed by atoms with van der Waals surface area (Å²) in [5.41, 5.74) is 1.48. The Morgan fingerprint density at radius 3 is 1.13 bits per heavy atom. The Bertz CT molecular complexity index is 530. The maximum absolute atomic E-state index is 7.50. The third kappa shape index (κ3) is 16.7. The maximum atomic E-state index is 7.50. The van der Waals surface area contributed by atoms with Gasteiger partial charge in [-0.2, -0.15) is 0 Å². The Morgan fingerprint density at radius 2 is 0.967 bits per heavy atom. The van der Waals surface area contributed by atoms with Crippen LogP contribution in [-0.2, 0) is 49.1 Å². The van der Waals surface area contributed by atoms with Crippen LogP contribution in [0.5, 0.6) is 0 Å². The van der Waals surface area contributed by atoms with E-state index >= 15 is 0 Å². The van der Waals surface area contributed by atoms with Crippen LogP contribution in [0.15, 0.2) is 10.4 Å². The molecule has 0 spiro atoms. The molecule has 0 aliphatic carbocycles. The van der Waals surface area contributed by atoms with Crippen molar-refractivity contribution in [3.63, 3.8) is 0 Å². The molecule has 0 saturated carbocycles. The van der Waals surface area contributed by atoms with Gasteiger partial charge in [-0.3, -0.25) is 0 Å². The van der Waals surface area contributed by atoms with E-state index in [-0.39, 0.29) is 29.0 Å². The molecule has 168 valence electrons. The Morgan fingerprint density at radius 1 is 0.700 bits per heavy atom. The molecule has 6 nitrogen and oxygen atoms in total. The van der Waals surface area contributed by atoms with E-state index in [1.54, 1.807) is 0 Å². The van der Waals surface area contributed by atoms with Crippen molar-refractivity contribution in [1.82, 2.24) is 0 Å². The standard InChI is InChI=1S/C14H33OPSi3.5CO.W/c1-11-15-12-13(17(2,3)4)16(12)14(18(5,6)7)19(8,9)10;5*1-2;/h14H,11H2,1-10H3;;;;;;/t16-;;;;;;/m1....../s1. The van der Waals surface area contributed by atoms with Gasteiger partial charge in [-0.25, -0.2) is 0 Å².